The van der Waals surface area contributed by atoms with E-state index in [0.717, 1.165) is 68.0 Å². The zero-order valence-electron chi connectivity index (χ0n) is 21.4. The van der Waals surface area contributed by atoms with E-state index in [1.54, 1.807) is 0 Å². The molecule has 0 unspecified atom stereocenters. The molecule has 1 aromatic heterocycles. The second-order valence-corrected chi connectivity index (χ2v) is 8.24. The van der Waals surface area contributed by atoms with E-state index in [-0.39, 0.29) is 11.4 Å². The van der Waals surface area contributed by atoms with Gasteiger partial charge < -0.3 is 19.0 Å². The van der Waals surface area contributed by atoms with Crippen LogP contribution in [-0.2, 0) is 4.84 Å². The van der Waals surface area contributed by atoms with Gasteiger partial charge in [0.05, 0.1) is 13.2 Å². The Balaban J connectivity index is 1.62. The maximum atomic E-state index is 13.0. The topological polar surface area (TPSA) is 62.2 Å². The number of ether oxygens (including phenoxy) is 3. The van der Waals surface area contributed by atoms with Crippen molar-refractivity contribution in [1.29, 1.82) is 0 Å². The summed E-state index contributed by atoms with van der Waals surface area (Å²) in [6, 6.07) is 6.66. The molecule has 0 spiro atoms. The van der Waals surface area contributed by atoms with Gasteiger partial charge in [-0.2, -0.15) is 13.2 Å². The maximum absolute atomic E-state index is 13.0. The molecule has 0 fully saturated rings. The number of hydrogen-bond acceptors (Lipinski definition) is 6. The number of halogens is 3. The summed E-state index contributed by atoms with van der Waals surface area (Å²) in [4.78, 5) is 8.22. The largest absolute Gasteiger partial charge is 0.493 e. The molecular formula is C27H35F3N2O4. The average Bonchev–Trinajstić information content (AvgIpc) is 2.83. The number of rotatable bonds is 15. The first-order chi connectivity index (χ1) is 17.3. The standard InChI is InChI=1S/C27H35F3N2O4/c1-5-6-14-34-23-17-20(2)25(21(3)18-23)36-16-11-9-7-8-10-15-35-24-13-12-22(19-31-24)26(32-33-4)27(28,29)30/h5-6,12-13,17-19H,7-11,14-16H2,1-4H3/b6-5+,32-26-. The van der Waals surface area contributed by atoms with Gasteiger partial charge in [0.15, 0.2) is 5.71 Å². The van der Waals surface area contributed by atoms with Crippen LogP contribution in [0.4, 0.5) is 13.2 Å². The summed E-state index contributed by atoms with van der Waals surface area (Å²) in [5, 5.41) is 3.05. The van der Waals surface area contributed by atoms with Crippen molar-refractivity contribution in [2.45, 2.75) is 59.1 Å². The fraction of sp³-hybridized carbons (Fsp3) is 0.481. The molecule has 1 heterocycles. The number of benzene rings is 1. The Kier molecular flexibility index (Phi) is 12.1. The molecule has 0 aliphatic carbocycles. The number of alkyl halides is 3. The highest BCUT2D eigenvalue weighted by Crippen LogP contribution is 2.29. The van der Waals surface area contributed by atoms with Crippen LogP contribution in [0.3, 0.4) is 0 Å². The van der Waals surface area contributed by atoms with Crippen molar-refractivity contribution < 1.29 is 32.2 Å². The predicted octanol–water partition coefficient (Wildman–Crippen LogP) is 6.97. The highest BCUT2D eigenvalue weighted by molar-refractivity contribution is 6.04. The highest BCUT2D eigenvalue weighted by atomic mass is 19.4. The number of aromatic nitrogens is 1. The molecule has 198 valence electrons. The maximum Gasteiger partial charge on any atom is 0.437 e. The third kappa shape index (κ3) is 9.79. The van der Waals surface area contributed by atoms with Gasteiger partial charge in [-0.05, 0) is 62.9 Å². The summed E-state index contributed by atoms with van der Waals surface area (Å²) in [5.74, 6) is 2.03. The molecular weight excluding hydrogens is 473 g/mol. The molecule has 0 radical (unpaired) electrons. The third-order valence-corrected chi connectivity index (χ3v) is 5.26. The number of aryl methyl sites for hydroxylation is 2. The van der Waals surface area contributed by atoms with Gasteiger partial charge in [-0.15, -0.1) is 0 Å². The number of allylic oxidation sites excluding steroid dienone is 1. The molecule has 0 bridgehead atoms. The lowest BCUT2D eigenvalue weighted by atomic mass is 10.1. The molecule has 0 aliphatic rings. The van der Waals surface area contributed by atoms with E-state index < -0.39 is 11.9 Å². The van der Waals surface area contributed by atoms with Crippen LogP contribution in [-0.4, -0.2) is 43.8 Å². The Morgan fingerprint density at radius 3 is 2.14 bits per heavy atom. The summed E-state index contributed by atoms with van der Waals surface area (Å²) in [7, 11) is 1.06. The lowest BCUT2D eigenvalue weighted by molar-refractivity contribution is -0.0608. The lowest BCUT2D eigenvalue weighted by Crippen LogP contribution is -2.24. The van der Waals surface area contributed by atoms with E-state index in [0.29, 0.717) is 19.8 Å². The summed E-state index contributed by atoms with van der Waals surface area (Å²) in [6.45, 7) is 7.66. The zero-order chi connectivity index (χ0) is 26.4. The average molecular weight is 509 g/mol. The second kappa shape index (κ2) is 15.0. The smallest absolute Gasteiger partial charge is 0.437 e. The van der Waals surface area contributed by atoms with Crippen molar-refractivity contribution in [2.24, 2.45) is 5.16 Å². The quantitative estimate of drug-likeness (QED) is 0.112. The molecule has 9 heteroatoms. The SMILES string of the molecule is C/C=C/COc1cc(C)c(OCCCCCCCOc2ccc(/C(=N/OC)C(F)(F)F)cn2)c(C)c1. The number of unbranched alkanes of at least 4 members (excludes halogenated alkanes) is 4. The van der Waals surface area contributed by atoms with Gasteiger partial charge >= 0.3 is 6.18 Å². The zero-order valence-corrected chi connectivity index (χ0v) is 21.4. The van der Waals surface area contributed by atoms with Crippen LogP contribution < -0.4 is 14.2 Å². The molecule has 2 rings (SSSR count). The highest BCUT2D eigenvalue weighted by Gasteiger charge is 2.38. The van der Waals surface area contributed by atoms with Crippen LogP contribution in [0.15, 0.2) is 47.8 Å². The summed E-state index contributed by atoms with van der Waals surface area (Å²) < 4.78 is 56.2. The van der Waals surface area contributed by atoms with E-state index in [9.17, 15) is 13.2 Å². The molecule has 6 nitrogen and oxygen atoms in total. The molecule has 0 aliphatic heterocycles. The van der Waals surface area contributed by atoms with Crippen molar-refractivity contribution in [2.75, 3.05) is 26.9 Å². The van der Waals surface area contributed by atoms with Crippen molar-refractivity contribution in [3.63, 3.8) is 0 Å². The monoisotopic (exact) mass is 508 g/mol. The first-order valence-electron chi connectivity index (χ1n) is 12.0. The molecule has 36 heavy (non-hydrogen) atoms. The van der Waals surface area contributed by atoms with Gasteiger partial charge in [-0.1, -0.05) is 36.6 Å². The van der Waals surface area contributed by atoms with Crippen molar-refractivity contribution in [1.82, 2.24) is 4.98 Å². The molecule has 0 saturated carbocycles. The van der Waals surface area contributed by atoms with Crippen LogP contribution in [0.25, 0.3) is 0 Å². The number of oxime groups is 1. The van der Waals surface area contributed by atoms with E-state index in [2.05, 4.69) is 15.0 Å². The van der Waals surface area contributed by atoms with Crippen LogP contribution in [0.1, 0.15) is 55.7 Å². The minimum absolute atomic E-state index is 0.182. The summed E-state index contributed by atoms with van der Waals surface area (Å²) in [5.41, 5.74) is 0.803. The van der Waals surface area contributed by atoms with Gasteiger partial charge in [0.1, 0.15) is 25.2 Å². The van der Waals surface area contributed by atoms with Crippen LogP contribution in [0, 0.1) is 13.8 Å². The molecule has 0 amide bonds. The molecule has 0 saturated heterocycles. The Hall–Kier alpha value is -3.23. The Morgan fingerprint density at radius 1 is 0.944 bits per heavy atom. The van der Waals surface area contributed by atoms with Crippen LogP contribution in [0.2, 0.25) is 0 Å². The van der Waals surface area contributed by atoms with E-state index in [1.165, 1.54) is 12.1 Å². The van der Waals surface area contributed by atoms with Gasteiger partial charge in [0, 0.05) is 17.8 Å². The van der Waals surface area contributed by atoms with E-state index in [4.69, 9.17) is 14.2 Å². The van der Waals surface area contributed by atoms with Gasteiger partial charge in [-0.25, -0.2) is 4.98 Å². The minimum Gasteiger partial charge on any atom is -0.493 e. The van der Waals surface area contributed by atoms with E-state index >= 15 is 0 Å². The predicted molar refractivity (Wildman–Crippen MR) is 134 cm³/mol. The van der Waals surface area contributed by atoms with Crippen LogP contribution >= 0.6 is 0 Å². The Labute approximate surface area is 211 Å². The molecule has 2 aromatic rings. The molecule has 0 N–H and O–H groups in total. The summed E-state index contributed by atoms with van der Waals surface area (Å²) >= 11 is 0. The number of nitrogens with zero attached hydrogens (tertiary/aromatic N) is 2. The Morgan fingerprint density at radius 2 is 1.58 bits per heavy atom. The molecule has 0 atom stereocenters. The normalized spacial score (nSPS) is 12.1. The first kappa shape index (κ1) is 29.0. The first-order valence-corrected chi connectivity index (χ1v) is 12.0. The van der Waals surface area contributed by atoms with Gasteiger partial charge in [0.25, 0.3) is 0 Å². The van der Waals surface area contributed by atoms with Crippen molar-refractivity contribution in [3.05, 3.63) is 59.3 Å². The molecule has 1 aromatic carbocycles. The summed E-state index contributed by atoms with van der Waals surface area (Å²) in [6.07, 6.45) is 5.20. The lowest BCUT2D eigenvalue weighted by Gasteiger charge is -2.14. The number of hydrogen-bond donors (Lipinski definition) is 0. The fourth-order valence-corrected chi connectivity index (χ4v) is 3.51. The fourth-order valence-electron chi connectivity index (χ4n) is 3.51. The third-order valence-electron chi connectivity index (χ3n) is 5.26. The van der Waals surface area contributed by atoms with E-state index in [1.807, 2.05) is 45.1 Å². The van der Waals surface area contributed by atoms with Crippen LogP contribution in [0.5, 0.6) is 17.4 Å². The van der Waals surface area contributed by atoms with Crippen molar-refractivity contribution >= 4 is 5.71 Å². The minimum atomic E-state index is -4.63. The van der Waals surface area contributed by atoms with Gasteiger partial charge in [0.2, 0.25) is 5.88 Å². The number of pyridine rings is 1. The second-order valence-electron chi connectivity index (χ2n) is 8.24. The van der Waals surface area contributed by atoms with Crippen molar-refractivity contribution in [3.8, 4) is 17.4 Å². The van der Waals surface area contributed by atoms with Gasteiger partial charge in [-0.3, -0.25) is 0 Å². The Bertz CT molecular complexity index is 966.